The highest BCUT2D eigenvalue weighted by Gasteiger charge is 2.13. The number of thioether (sulfide) groups is 1. The van der Waals surface area contributed by atoms with Gasteiger partial charge in [0, 0.05) is 55.2 Å². The normalized spacial score (nSPS) is 14.6. The van der Waals surface area contributed by atoms with Crippen molar-refractivity contribution in [2.24, 2.45) is 0 Å². The summed E-state index contributed by atoms with van der Waals surface area (Å²) in [7, 11) is 0. The Labute approximate surface area is 178 Å². The highest BCUT2D eigenvalue weighted by molar-refractivity contribution is 7.99. The van der Waals surface area contributed by atoms with Gasteiger partial charge in [0.25, 0.3) is 0 Å². The fraction of sp³-hybridized carbons (Fsp3) is 0.417. The van der Waals surface area contributed by atoms with Crippen LogP contribution in [0.2, 0.25) is 0 Å². The summed E-state index contributed by atoms with van der Waals surface area (Å²) in [6.45, 7) is 7.35. The van der Waals surface area contributed by atoms with Crippen LogP contribution in [0.4, 0.5) is 5.69 Å². The first kappa shape index (κ1) is 21.6. The van der Waals surface area contributed by atoms with E-state index in [4.69, 9.17) is 0 Å². The fourth-order valence-electron chi connectivity index (χ4n) is 3.49. The highest BCUT2D eigenvalue weighted by Crippen LogP contribution is 2.16. The predicted octanol–water partition coefficient (Wildman–Crippen LogP) is 4.50. The molecule has 1 aliphatic heterocycles. The van der Waals surface area contributed by atoms with Gasteiger partial charge in [-0.15, -0.1) is 0 Å². The molecular formula is C24H30N2O2S. The molecule has 0 aliphatic carbocycles. The second-order valence-electron chi connectivity index (χ2n) is 7.69. The number of hydrogen-bond acceptors (Lipinski definition) is 4. The number of anilines is 1. The Morgan fingerprint density at radius 2 is 1.72 bits per heavy atom. The number of carbonyl (C=O) groups is 2. The predicted molar refractivity (Wildman–Crippen MR) is 122 cm³/mol. The van der Waals surface area contributed by atoms with Crippen molar-refractivity contribution < 1.29 is 9.59 Å². The van der Waals surface area contributed by atoms with E-state index in [0.29, 0.717) is 0 Å². The van der Waals surface area contributed by atoms with E-state index in [0.717, 1.165) is 35.3 Å². The second kappa shape index (κ2) is 10.6. The number of nitrogens with zero attached hydrogens (tertiary/aromatic N) is 1. The summed E-state index contributed by atoms with van der Waals surface area (Å²) in [4.78, 5) is 27.2. The highest BCUT2D eigenvalue weighted by atomic mass is 32.2. The van der Waals surface area contributed by atoms with Crippen molar-refractivity contribution in [3.63, 3.8) is 0 Å². The van der Waals surface area contributed by atoms with Crippen LogP contribution >= 0.6 is 11.8 Å². The summed E-state index contributed by atoms with van der Waals surface area (Å²) >= 11 is 2.03. The van der Waals surface area contributed by atoms with Gasteiger partial charge in [-0.2, -0.15) is 11.8 Å². The third-order valence-electron chi connectivity index (χ3n) is 5.33. The van der Waals surface area contributed by atoms with Gasteiger partial charge in [0.05, 0.1) is 0 Å². The molecule has 0 bridgehead atoms. The van der Waals surface area contributed by atoms with Crippen LogP contribution in [0.25, 0.3) is 0 Å². The smallest absolute Gasteiger partial charge is 0.224 e. The van der Waals surface area contributed by atoms with Crippen molar-refractivity contribution in [3.8, 4) is 0 Å². The Balaban J connectivity index is 1.44. The van der Waals surface area contributed by atoms with Gasteiger partial charge in [0.2, 0.25) is 5.91 Å². The quantitative estimate of drug-likeness (QED) is 0.651. The lowest BCUT2D eigenvalue weighted by atomic mass is 9.99. The minimum atomic E-state index is -0.123. The number of ketones is 1. The van der Waals surface area contributed by atoms with E-state index < -0.39 is 0 Å². The molecule has 0 atom stereocenters. The molecule has 1 saturated heterocycles. The molecule has 1 amide bonds. The van der Waals surface area contributed by atoms with Crippen LogP contribution < -0.4 is 5.32 Å². The average molecular weight is 411 g/mol. The number of rotatable bonds is 8. The van der Waals surface area contributed by atoms with Crippen LogP contribution in [-0.4, -0.2) is 47.7 Å². The Morgan fingerprint density at radius 1 is 1.00 bits per heavy atom. The molecule has 4 nitrogen and oxygen atoms in total. The molecule has 2 aromatic carbocycles. The maximum absolute atomic E-state index is 12.4. The summed E-state index contributed by atoms with van der Waals surface area (Å²) in [6, 6.07) is 13.9. The minimum Gasteiger partial charge on any atom is -0.326 e. The average Bonchev–Trinajstić information content (AvgIpc) is 2.74. The maximum atomic E-state index is 12.4. The number of carbonyl (C=O) groups excluding carboxylic acids is 2. The van der Waals surface area contributed by atoms with E-state index in [1.165, 1.54) is 30.2 Å². The molecule has 1 aliphatic rings. The molecule has 1 fully saturated rings. The zero-order valence-corrected chi connectivity index (χ0v) is 18.2. The number of benzene rings is 2. The lowest BCUT2D eigenvalue weighted by Gasteiger charge is -2.26. The van der Waals surface area contributed by atoms with Gasteiger partial charge < -0.3 is 10.2 Å². The van der Waals surface area contributed by atoms with Crippen molar-refractivity contribution in [2.45, 2.75) is 33.1 Å². The molecule has 2 aromatic rings. The zero-order chi connectivity index (χ0) is 20.6. The first-order valence-corrected chi connectivity index (χ1v) is 11.5. The van der Waals surface area contributed by atoms with Crippen LogP contribution in [0.15, 0.2) is 42.5 Å². The van der Waals surface area contributed by atoms with Crippen molar-refractivity contribution in [1.82, 2.24) is 4.90 Å². The Kier molecular flexibility index (Phi) is 7.90. The van der Waals surface area contributed by atoms with Gasteiger partial charge >= 0.3 is 0 Å². The van der Waals surface area contributed by atoms with Crippen LogP contribution in [0, 0.1) is 13.8 Å². The molecule has 3 rings (SSSR count). The number of amides is 1. The topological polar surface area (TPSA) is 49.4 Å². The molecule has 0 saturated carbocycles. The standard InChI is InChI=1S/C24H30N2O2S/c1-18-3-4-19(2)22(17-18)23(27)9-10-24(28)25-21-7-5-20(6-8-21)11-12-26-13-15-29-16-14-26/h3-8,17H,9-16H2,1-2H3,(H,25,28). The van der Waals surface area contributed by atoms with Gasteiger partial charge in [0.15, 0.2) is 5.78 Å². The number of hydrogen-bond donors (Lipinski definition) is 1. The molecular weight excluding hydrogens is 380 g/mol. The number of nitrogens with one attached hydrogen (secondary N) is 1. The van der Waals surface area contributed by atoms with Crippen molar-refractivity contribution in [3.05, 3.63) is 64.7 Å². The number of Topliss-reactive ketones (excluding diaryl/α,β-unsaturated/α-hetero) is 1. The summed E-state index contributed by atoms with van der Waals surface area (Å²) in [6.07, 6.45) is 1.45. The summed E-state index contributed by atoms with van der Waals surface area (Å²) in [5.41, 5.74) is 4.80. The summed E-state index contributed by atoms with van der Waals surface area (Å²) < 4.78 is 0. The molecule has 0 spiro atoms. The molecule has 0 radical (unpaired) electrons. The van der Waals surface area contributed by atoms with Crippen LogP contribution in [-0.2, 0) is 11.2 Å². The van der Waals surface area contributed by atoms with E-state index in [-0.39, 0.29) is 24.5 Å². The van der Waals surface area contributed by atoms with Gasteiger partial charge in [0.1, 0.15) is 0 Å². The molecule has 0 aromatic heterocycles. The minimum absolute atomic E-state index is 0.0211. The second-order valence-corrected chi connectivity index (χ2v) is 8.92. The third kappa shape index (κ3) is 6.72. The Bertz CT molecular complexity index is 842. The lowest BCUT2D eigenvalue weighted by molar-refractivity contribution is -0.116. The fourth-order valence-corrected chi connectivity index (χ4v) is 4.47. The maximum Gasteiger partial charge on any atom is 0.224 e. The molecule has 29 heavy (non-hydrogen) atoms. The SMILES string of the molecule is Cc1ccc(C)c(C(=O)CCC(=O)Nc2ccc(CCN3CCSCC3)cc2)c1. The molecule has 0 unspecified atom stereocenters. The summed E-state index contributed by atoms with van der Waals surface area (Å²) in [5.74, 6) is 2.36. The third-order valence-corrected chi connectivity index (χ3v) is 6.27. The van der Waals surface area contributed by atoms with Crippen molar-refractivity contribution >= 4 is 29.1 Å². The Morgan fingerprint density at radius 3 is 2.45 bits per heavy atom. The first-order chi connectivity index (χ1) is 14.0. The zero-order valence-electron chi connectivity index (χ0n) is 17.4. The summed E-state index contributed by atoms with van der Waals surface area (Å²) in [5, 5.41) is 2.90. The van der Waals surface area contributed by atoms with Gasteiger partial charge in [-0.3, -0.25) is 9.59 Å². The monoisotopic (exact) mass is 410 g/mol. The van der Waals surface area contributed by atoms with Gasteiger partial charge in [-0.25, -0.2) is 0 Å². The lowest BCUT2D eigenvalue weighted by Crippen LogP contribution is -2.34. The van der Waals surface area contributed by atoms with Crippen LogP contribution in [0.3, 0.4) is 0 Å². The molecule has 1 N–H and O–H groups in total. The van der Waals surface area contributed by atoms with Crippen LogP contribution in [0.5, 0.6) is 0 Å². The van der Waals surface area contributed by atoms with Gasteiger partial charge in [-0.05, 0) is 49.6 Å². The van der Waals surface area contributed by atoms with Crippen molar-refractivity contribution in [1.29, 1.82) is 0 Å². The largest absolute Gasteiger partial charge is 0.326 e. The van der Waals surface area contributed by atoms with Crippen molar-refractivity contribution in [2.75, 3.05) is 36.5 Å². The van der Waals surface area contributed by atoms with Gasteiger partial charge in [-0.1, -0.05) is 29.8 Å². The molecule has 1 heterocycles. The van der Waals surface area contributed by atoms with E-state index >= 15 is 0 Å². The van der Waals surface area contributed by atoms with E-state index in [1.807, 2.05) is 55.9 Å². The molecule has 5 heteroatoms. The molecule has 154 valence electrons. The van der Waals surface area contributed by atoms with E-state index in [2.05, 4.69) is 22.3 Å². The Hall–Kier alpha value is -2.11. The van der Waals surface area contributed by atoms with E-state index in [9.17, 15) is 9.59 Å². The first-order valence-electron chi connectivity index (χ1n) is 10.3. The number of aryl methyl sites for hydroxylation is 2. The van der Waals surface area contributed by atoms with Crippen LogP contribution in [0.1, 0.15) is 39.9 Å². The van der Waals surface area contributed by atoms with E-state index in [1.54, 1.807) is 0 Å².